The third-order valence-corrected chi connectivity index (χ3v) is 14.0. The van der Waals surface area contributed by atoms with E-state index < -0.39 is 34.1 Å². The zero-order chi connectivity index (χ0) is 45.5. The average Bonchev–Trinajstić information content (AvgIpc) is 3.75. The number of aromatic amines is 2. The number of H-pyrrole nitrogens is 2. The van der Waals surface area contributed by atoms with E-state index >= 15 is 0 Å². The van der Waals surface area contributed by atoms with E-state index in [1.54, 1.807) is 11.1 Å². The average molecular weight is 893 g/mol. The van der Waals surface area contributed by atoms with Crippen LogP contribution in [-0.4, -0.2) is 114 Å². The number of sulfone groups is 1. The second-order valence-electron chi connectivity index (χ2n) is 18.2. The highest BCUT2D eigenvalue weighted by molar-refractivity contribution is 7.90. The number of likely N-dealkylation sites (tertiary alicyclic amines) is 2. The summed E-state index contributed by atoms with van der Waals surface area (Å²) in [5.74, 6) is 0.739. The fourth-order valence-corrected chi connectivity index (χ4v) is 9.89. The number of amides is 4. The van der Waals surface area contributed by atoms with Crippen LogP contribution < -0.4 is 10.6 Å². The van der Waals surface area contributed by atoms with Gasteiger partial charge in [-0.25, -0.2) is 28.0 Å². The van der Waals surface area contributed by atoms with Crippen LogP contribution in [-0.2, 0) is 28.9 Å². The van der Waals surface area contributed by atoms with E-state index in [1.165, 1.54) is 14.2 Å². The van der Waals surface area contributed by atoms with Crippen molar-refractivity contribution in [3.63, 3.8) is 0 Å². The van der Waals surface area contributed by atoms with Gasteiger partial charge in [-0.2, -0.15) is 0 Å². The van der Waals surface area contributed by atoms with E-state index in [0.29, 0.717) is 24.7 Å². The number of rotatable bonds is 13. The molecule has 3 fully saturated rings. The fraction of sp³-hybridized carbons (Fsp3) is 0.447. The number of alkyl carbamates (subject to hydrolysis) is 2. The number of methoxy groups -OCH3 is 2. The van der Waals surface area contributed by atoms with Gasteiger partial charge in [0.2, 0.25) is 11.8 Å². The molecule has 5 atom stereocenters. The highest BCUT2D eigenvalue weighted by atomic mass is 32.2. The van der Waals surface area contributed by atoms with Crippen LogP contribution in [0.3, 0.4) is 0 Å². The van der Waals surface area contributed by atoms with E-state index in [9.17, 15) is 27.6 Å². The smallest absolute Gasteiger partial charge is 0.407 e. The molecule has 2 saturated heterocycles. The molecule has 64 heavy (non-hydrogen) atoms. The Morgan fingerprint density at radius 3 is 1.95 bits per heavy atom. The Balaban J connectivity index is 0.954. The van der Waals surface area contributed by atoms with Crippen LogP contribution in [0.2, 0.25) is 0 Å². The van der Waals surface area contributed by atoms with Crippen LogP contribution in [0.15, 0.2) is 73.1 Å². The highest BCUT2D eigenvalue weighted by Gasteiger charge is 2.55. The summed E-state index contributed by atoms with van der Waals surface area (Å²) in [7, 11) is -0.888. The van der Waals surface area contributed by atoms with Crippen LogP contribution in [0.4, 0.5) is 9.59 Å². The molecule has 1 spiro atoms. The number of carbonyl (C=O) groups excluding carboxylic acids is 4. The summed E-state index contributed by atoms with van der Waals surface area (Å²) in [6.07, 6.45) is 6.66. The van der Waals surface area contributed by atoms with Gasteiger partial charge in [0, 0.05) is 24.9 Å². The largest absolute Gasteiger partial charge is 0.453 e. The molecule has 1 aliphatic carbocycles. The van der Waals surface area contributed by atoms with Crippen molar-refractivity contribution in [1.82, 2.24) is 40.4 Å². The van der Waals surface area contributed by atoms with E-state index in [1.807, 2.05) is 37.1 Å². The molecule has 3 aliphatic rings. The summed E-state index contributed by atoms with van der Waals surface area (Å²) in [6, 6.07) is 18.5. The van der Waals surface area contributed by atoms with Gasteiger partial charge >= 0.3 is 12.2 Å². The van der Waals surface area contributed by atoms with Crippen LogP contribution >= 0.6 is 0 Å². The van der Waals surface area contributed by atoms with Gasteiger partial charge in [0.25, 0.3) is 0 Å². The van der Waals surface area contributed by atoms with Crippen molar-refractivity contribution in [1.29, 1.82) is 0 Å². The van der Waals surface area contributed by atoms with Crippen molar-refractivity contribution in [2.75, 3.05) is 39.3 Å². The zero-order valence-corrected chi connectivity index (χ0v) is 37.8. The SMILES string of the molecule is COC(=O)N[C@H](CCS(C)(=O)=O)C(=O)N1CC2(CC2)C[C@@H]1c1ncc(-c2ccc(-c3ccc4cc(-c5cnc([C@H]6C[C@@H](C)CN6C(=O)[C@H](NC(=O)OC)C(C)C)[nH]5)ccc4c3)cc2)[nH]1. The Kier molecular flexibility index (Phi) is 12.3. The van der Waals surface area contributed by atoms with Gasteiger partial charge in [0.05, 0.1) is 55.8 Å². The van der Waals surface area contributed by atoms with Gasteiger partial charge in [-0.05, 0) is 89.0 Å². The molecule has 5 aromatic rings. The van der Waals surface area contributed by atoms with E-state index in [0.717, 1.165) is 76.4 Å². The van der Waals surface area contributed by atoms with Crippen molar-refractivity contribution < 1.29 is 37.1 Å². The first-order valence-corrected chi connectivity index (χ1v) is 23.8. The molecule has 8 rings (SSSR count). The van der Waals surface area contributed by atoms with E-state index in [-0.39, 0.29) is 53.3 Å². The monoisotopic (exact) mass is 892 g/mol. The molecular formula is C47H56N8O8S. The lowest BCUT2D eigenvalue weighted by molar-refractivity contribution is -0.136. The molecule has 338 valence electrons. The fourth-order valence-electron chi connectivity index (χ4n) is 9.23. The van der Waals surface area contributed by atoms with Gasteiger partial charge in [0.1, 0.15) is 33.6 Å². The molecule has 2 aliphatic heterocycles. The van der Waals surface area contributed by atoms with Crippen LogP contribution in [0, 0.1) is 17.3 Å². The first-order chi connectivity index (χ1) is 30.5. The van der Waals surface area contributed by atoms with Crippen molar-refractivity contribution in [3.05, 3.63) is 84.7 Å². The summed E-state index contributed by atoms with van der Waals surface area (Å²) in [4.78, 5) is 71.9. The molecule has 0 unspecified atom stereocenters. The minimum Gasteiger partial charge on any atom is -0.453 e. The third kappa shape index (κ3) is 9.49. The van der Waals surface area contributed by atoms with Gasteiger partial charge in [0.15, 0.2) is 0 Å². The third-order valence-electron chi connectivity index (χ3n) is 13.0. The predicted molar refractivity (Wildman–Crippen MR) is 241 cm³/mol. The summed E-state index contributed by atoms with van der Waals surface area (Å²) in [5, 5.41) is 7.41. The molecule has 17 heteroatoms. The maximum absolute atomic E-state index is 14.0. The van der Waals surface area contributed by atoms with Crippen molar-refractivity contribution in [2.24, 2.45) is 17.3 Å². The number of nitrogens with one attached hydrogen (secondary N) is 4. The molecule has 4 N–H and O–H groups in total. The van der Waals surface area contributed by atoms with Gasteiger partial charge in [-0.1, -0.05) is 69.3 Å². The summed E-state index contributed by atoms with van der Waals surface area (Å²) in [6.45, 7) is 6.99. The van der Waals surface area contributed by atoms with Crippen molar-refractivity contribution >= 4 is 44.6 Å². The molecule has 0 radical (unpaired) electrons. The van der Waals surface area contributed by atoms with E-state index in [4.69, 9.17) is 19.4 Å². The standard InChI is InChI=1S/C47H56N8O8S/c1-27(2)40(53-46(59)63-5)44(57)54-25-28(3)19-38(54)41-48-24-37(51-41)34-14-13-32-20-31(11-12-33(32)21-34)29-7-9-30(10-8-29)36-23-49-42(50-36)39-22-47(16-17-47)26-55(39)43(56)35(52-45(58)62-4)15-18-64(6,60)61/h7-14,20-21,23-24,27-28,35,38-40H,15-19,22,25-26H2,1-6H3,(H,48,51)(H,49,50)(H,52,58)(H,53,59)/t28-,35-,38-,39-,40-/m1/s1. The lowest BCUT2D eigenvalue weighted by atomic mass is 9.98. The molecular weight excluding hydrogens is 837 g/mol. The minimum absolute atomic E-state index is 0.00394. The Bertz CT molecular complexity index is 2670. The maximum Gasteiger partial charge on any atom is 0.407 e. The first-order valence-electron chi connectivity index (χ1n) is 21.8. The number of fused-ring (bicyclic) bond motifs is 1. The number of benzene rings is 3. The Morgan fingerprint density at radius 2 is 1.34 bits per heavy atom. The number of imidazole rings is 2. The first kappa shape index (κ1) is 44.4. The lowest BCUT2D eigenvalue weighted by Gasteiger charge is -2.30. The number of aromatic nitrogens is 4. The predicted octanol–water partition coefficient (Wildman–Crippen LogP) is 6.79. The molecule has 4 amide bonds. The topological polar surface area (TPSA) is 209 Å². The van der Waals surface area contributed by atoms with E-state index in [2.05, 4.69) is 76.1 Å². The maximum atomic E-state index is 14.0. The molecule has 1 saturated carbocycles. The van der Waals surface area contributed by atoms with Crippen molar-refractivity contribution in [2.45, 2.75) is 77.0 Å². The molecule has 16 nitrogen and oxygen atoms in total. The number of carbonyl (C=O) groups is 4. The molecule has 3 aromatic carbocycles. The summed E-state index contributed by atoms with van der Waals surface area (Å²) >= 11 is 0. The molecule has 2 aromatic heterocycles. The zero-order valence-electron chi connectivity index (χ0n) is 37.0. The number of hydrogen-bond acceptors (Lipinski definition) is 10. The molecule has 4 heterocycles. The highest BCUT2D eigenvalue weighted by Crippen LogP contribution is 2.58. The van der Waals surface area contributed by atoms with Gasteiger partial charge < -0.3 is 39.9 Å². The van der Waals surface area contributed by atoms with Gasteiger partial charge in [-0.3, -0.25) is 9.59 Å². The molecule has 0 bridgehead atoms. The van der Waals surface area contributed by atoms with Crippen LogP contribution in [0.5, 0.6) is 0 Å². The number of nitrogens with zero attached hydrogens (tertiary/aromatic N) is 4. The minimum atomic E-state index is -3.38. The Labute approximate surface area is 372 Å². The van der Waals surface area contributed by atoms with Crippen molar-refractivity contribution in [3.8, 4) is 33.6 Å². The van der Waals surface area contributed by atoms with Gasteiger partial charge in [-0.15, -0.1) is 0 Å². The van der Waals surface area contributed by atoms with Crippen LogP contribution in [0.1, 0.15) is 76.6 Å². The Morgan fingerprint density at radius 1 is 0.781 bits per heavy atom. The second kappa shape index (κ2) is 17.7. The number of ether oxygens (including phenoxy) is 2. The summed E-state index contributed by atoms with van der Waals surface area (Å²) < 4.78 is 33.5. The van der Waals surface area contributed by atoms with Crippen LogP contribution in [0.25, 0.3) is 44.4 Å². The quantitative estimate of drug-likeness (QED) is 0.0973. The summed E-state index contributed by atoms with van der Waals surface area (Å²) in [5.41, 5.74) is 5.65. The second-order valence-corrected chi connectivity index (χ2v) is 20.5. The lowest BCUT2D eigenvalue weighted by Crippen LogP contribution is -2.51. The number of hydrogen-bond donors (Lipinski definition) is 4. The normalized spacial score (nSPS) is 20.1. The Hall–Kier alpha value is -6.23.